The van der Waals surface area contributed by atoms with E-state index in [2.05, 4.69) is 26.1 Å². The van der Waals surface area contributed by atoms with Crippen molar-refractivity contribution < 1.29 is 14.3 Å². The largest absolute Gasteiger partial charge is 0.485 e. The van der Waals surface area contributed by atoms with Gasteiger partial charge in [-0.05, 0) is 24.3 Å². The fourth-order valence-corrected chi connectivity index (χ4v) is 3.22. The van der Waals surface area contributed by atoms with E-state index in [0.717, 1.165) is 5.69 Å². The summed E-state index contributed by atoms with van der Waals surface area (Å²) in [5.74, 6) is 1.39. The molecule has 1 aliphatic heterocycles. The van der Waals surface area contributed by atoms with Crippen molar-refractivity contribution in [3.05, 3.63) is 65.3 Å². The number of aromatic nitrogens is 2. The van der Waals surface area contributed by atoms with Gasteiger partial charge in [-0.25, -0.2) is 4.68 Å². The molecule has 0 fully saturated rings. The molecular formula is C22H22ClN3O3. The van der Waals surface area contributed by atoms with E-state index in [1.165, 1.54) is 0 Å². The lowest BCUT2D eigenvalue weighted by Gasteiger charge is -2.25. The van der Waals surface area contributed by atoms with Gasteiger partial charge in [0.25, 0.3) is 5.91 Å². The van der Waals surface area contributed by atoms with Gasteiger partial charge < -0.3 is 14.8 Å². The number of nitrogens with zero attached hydrogens (tertiary/aromatic N) is 2. The topological polar surface area (TPSA) is 65.4 Å². The van der Waals surface area contributed by atoms with E-state index in [4.69, 9.17) is 26.2 Å². The van der Waals surface area contributed by atoms with Gasteiger partial charge in [-0.1, -0.05) is 56.6 Å². The molecule has 0 saturated heterocycles. The normalized spacial score (nSPS) is 15.8. The highest BCUT2D eigenvalue weighted by atomic mass is 35.5. The Morgan fingerprint density at radius 3 is 2.55 bits per heavy atom. The lowest BCUT2D eigenvalue weighted by molar-refractivity contribution is -0.125. The molecule has 4 rings (SSSR count). The third-order valence-corrected chi connectivity index (χ3v) is 4.93. The maximum absolute atomic E-state index is 12.9. The van der Waals surface area contributed by atoms with Gasteiger partial charge in [0.1, 0.15) is 12.4 Å². The molecule has 2 heterocycles. The number of halogens is 1. The molecule has 1 aliphatic rings. The molecule has 7 heteroatoms. The summed E-state index contributed by atoms with van der Waals surface area (Å²) in [6.07, 6.45) is -0.766. The molecule has 0 unspecified atom stereocenters. The quantitative estimate of drug-likeness (QED) is 0.684. The maximum Gasteiger partial charge on any atom is 0.270 e. The number of amides is 1. The van der Waals surface area contributed by atoms with Crippen molar-refractivity contribution in [1.82, 2.24) is 9.78 Å². The minimum absolute atomic E-state index is 0.134. The second-order valence-electron chi connectivity index (χ2n) is 7.88. The van der Waals surface area contributed by atoms with Gasteiger partial charge in [0.2, 0.25) is 6.10 Å². The molecule has 1 atom stereocenters. The van der Waals surface area contributed by atoms with Crippen LogP contribution in [0.5, 0.6) is 11.5 Å². The van der Waals surface area contributed by atoms with Crippen LogP contribution in [0.15, 0.2) is 54.6 Å². The molecule has 2 aromatic carbocycles. The van der Waals surface area contributed by atoms with E-state index < -0.39 is 6.10 Å². The summed E-state index contributed by atoms with van der Waals surface area (Å²) in [6, 6.07) is 16.5. The summed E-state index contributed by atoms with van der Waals surface area (Å²) in [4.78, 5) is 12.9. The van der Waals surface area contributed by atoms with Crippen LogP contribution in [-0.4, -0.2) is 28.4 Å². The number of benzene rings is 2. The molecule has 0 aliphatic carbocycles. The molecule has 0 spiro atoms. The number of hydrogen-bond donors (Lipinski definition) is 1. The zero-order valence-electron chi connectivity index (χ0n) is 16.5. The first-order valence-electron chi connectivity index (χ1n) is 9.38. The first-order chi connectivity index (χ1) is 13.8. The smallest absolute Gasteiger partial charge is 0.270 e. The fourth-order valence-electron chi connectivity index (χ4n) is 3.00. The molecule has 1 N–H and O–H groups in total. The van der Waals surface area contributed by atoms with Crippen LogP contribution in [0, 0.1) is 0 Å². The number of carbonyl (C=O) groups excluding carboxylic acids is 1. The minimum Gasteiger partial charge on any atom is -0.485 e. The zero-order valence-corrected chi connectivity index (χ0v) is 17.2. The lowest BCUT2D eigenvalue weighted by atomic mass is 9.92. The summed E-state index contributed by atoms with van der Waals surface area (Å²) in [5, 5.41) is 8.16. The summed E-state index contributed by atoms with van der Waals surface area (Å²) in [7, 11) is 0. The average Bonchev–Trinajstić information content (AvgIpc) is 3.12. The predicted molar refractivity (Wildman–Crippen MR) is 112 cm³/mol. The zero-order chi connectivity index (χ0) is 20.6. The molecule has 1 aromatic heterocycles. The Morgan fingerprint density at radius 2 is 1.83 bits per heavy atom. The number of rotatable bonds is 3. The van der Waals surface area contributed by atoms with Crippen LogP contribution in [-0.2, 0) is 10.2 Å². The molecule has 0 radical (unpaired) electrons. The van der Waals surface area contributed by atoms with Gasteiger partial charge in [-0.3, -0.25) is 4.79 Å². The van der Waals surface area contributed by atoms with Gasteiger partial charge in [-0.15, -0.1) is 0 Å². The highest BCUT2D eigenvalue weighted by molar-refractivity contribution is 6.32. The first-order valence-corrected chi connectivity index (χ1v) is 9.75. The summed E-state index contributed by atoms with van der Waals surface area (Å²) in [5.41, 5.74) is 1.32. The van der Waals surface area contributed by atoms with Crippen LogP contribution in [0.2, 0.25) is 5.02 Å². The van der Waals surface area contributed by atoms with Gasteiger partial charge in [0.15, 0.2) is 11.5 Å². The van der Waals surface area contributed by atoms with Crippen LogP contribution < -0.4 is 14.8 Å². The molecule has 3 aromatic rings. The Labute approximate surface area is 174 Å². The van der Waals surface area contributed by atoms with Crippen LogP contribution in [0.25, 0.3) is 5.69 Å². The number of anilines is 1. The molecule has 1 amide bonds. The van der Waals surface area contributed by atoms with Gasteiger partial charge in [-0.2, -0.15) is 5.10 Å². The number of carbonyl (C=O) groups is 1. The van der Waals surface area contributed by atoms with Crippen molar-refractivity contribution >= 4 is 23.3 Å². The molecule has 150 valence electrons. The molecule has 29 heavy (non-hydrogen) atoms. The Hall–Kier alpha value is -2.99. The Balaban J connectivity index is 1.64. The van der Waals surface area contributed by atoms with E-state index >= 15 is 0 Å². The SMILES string of the molecule is CC(C)(C)c1cc(NC(=O)[C@H]2COc3ccccc3O2)n(-c2ccccc2Cl)n1. The van der Waals surface area contributed by atoms with Crippen LogP contribution in [0.3, 0.4) is 0 Å². The van der Waals surface area contributed by atoms with Crippen LogP contribution in [0.4, 0.5) is 5.82 Å². The van der Waals surface area contributed by atoms with Crippen molar-refractivity contribution in [3.8, 4) is 17.2 Å². The summed E-state index contributed by atoms with van der Waals surface area (Å²) < 4.78 is 13.1. The van der Waals surface area contributed by atoms with E-state index in [0.29, 0.717) is 28.0 Å². The third kappa shape index (κ3) is 3.93. The standard InChI is InChI=1S/C22H22ClN3O3/c1-22(2,3)19-12-20(26(25-19)15-9-5-4-8-14(15)23)24-21(27)18-13-28-16-10-6-7-11-17(16)29-18/h4-12,18H,13H2,1-3H3,(H,24,27)/t18-/m1/s1. The number of fused-ring (bicyclic) bond motifs is 1. The van der Waals surface area contributed by atoms with E-state index in [1.54, 1.807) is 16.8 Å². The van der Waals surface area contributed by atoms with Gasteiger partial charge >= 0.3 is 0 Å². The van der Waals surface area contributed by atoms with E-state index in [1.807, 2.05) is 42.5 Å². The van der Waals surface area contributed by atoms with E-state index in [9.17, 15) is 4.79 Å². The predicted octanol–water partition coefficient (Wildman–Crippen LogP) is 4.60. The number of hydrogen-bond acceptors (Lipinski definition) is 4. The molecule has 0 saturated carbocycles. The van der Waals surface area contributed by atoms with Gasteiger partial charge in [0.05, 0.1) is 16.4 Å². The van der Waals surface area contributed by atoms with Crippen LogP contribution in [0.1, 0.15) is 26.5 Å². The second kappa shape index (κ2) is 7.44. The Morgan fingerprint density at radius 1 is 1.14 bits per heavy atom. The lowest BCUT2D eigenvalue weighted by Crippen LogP contribution is -2.40. The number of para-hydroxylation sites is 3. The number of ether oxygens (including phenoxy) is 2. The second-order valence-corrected chi connectivity index (χ2v) is 8.29. The van der Waals surface area contributed by atoms with Crippen molar-refractivity contribution in [1.29, 1.82) is 0 Å². The van der Waals surface area contributed by atoms with Gasteiger partial charge in [0, 0.05) is 11.5 Å². The molecule has 6 nitrogen and oxygen atoms in total. The van der Waals surface area contributed by atoms with Crippen molar-refractivity contribution in [2.75, 3.05) is 11.9 Å². The van der Waals surface area contributed by atoms with E-state index in [-0.39, 0.29) is 17.9 Å². The Kier molecular flexibility index (Phi) is 4.96. The number of nitrogens with one attached hydrogen (secondary N) is 1. The molecular weight excluding hydrogens is 390 g/mol. The monoisotopic (exact) mass is 411 g/mol. The maximum atomic E-state index is 12.9. The fraction of sp³-hybridized carbons (Fsp3) is 0.273. The highest BCUT2D eigenvalue weighted by Gasteiger charge is 2.29. The average molecular weight is 412 g/mol. The van der Waals surface area contributed by atoms with Crippen molar-refractivity contribution in [2.24, 2.45) is 0 Å². The minimum atomic E-state index is -0.766. The highest BCUT2D eigenvalue weighted by Crippen LogP contribution is 2.32. The molecule has 0 bridgehead atoms. The summed E-state index contributed by atoms with van der Waals surface area (Å²) >= 11 is 6.38. The van der Waals surface area contributed by atoms with Crippen molar-refractivity contribution in [3.63, 3.8) is 0 Å². The van der Waals surface area contributed by atoms with Crippen molar-refractivity contribution in [2.45, 2.75) is 32.3 Å². The van der Waals surface area contributed by atoms with Crippen LogP contribution >= 0.6 is 11.6 Å². The Bertz CT molecular complexity index is 1060. The summed E-state index contributed by atoms with van der Waals surface area (Å²) in [6.45, 7) is 6.32. The third-order valence-electron chi connectivity index (χ3n) is 4.61. The first kappa shape index (κ1) is 19.3.